The summed E-state index contributed by atoms with van der Waals surface area (Å²) in [5.41, 5.74) is 1.55. The predicted molar refractivity (Wildman–Crippen MR) is 75.2 cm³/mol. The monoisotopic (exact) mass is 313 g/mol. The molecule has 2 N–H and O–H groups in total. The highest BCUT2D eigenvalue weighted by atomic mass is 79.9. The molecule has 5 heteroatoms. The molecule has 2 aromatic rings. The summed E-state index contributed by atoms with van der Waals surface area (Å²) in [4.78, 5) is 7.60. The molecule has 2 rings (SSSR count). The minimum absolute atomic E-state index is 0.265. The fourth-order valence-corrected chi connectivity index (χ4v) is 2.15. The number of nitrogens with one attached hydrogen (secondary N) is 2. The lowest BCUT2D eigenvalue weighted by atomic mass is 10.3. The number of hydrogen-bond acceptors (Lipinski definition) is 2. The van der Waals surface area contributed by atoms with Gasteiger partial charge in [0.25, 0.3) is 0 Å². The quantitative estimate of drug-likeness (QED) is 0.831. The highest BCUT2D eigenvalue weighted by Crippen LogP contribution is 2.21. The van der Waals surface area contributed by atoms with Gasteiger partial charge >= 0.3 is 0 Å². The highest BCUT2D eigenvalue weighted by molar-refractivity contribution is 9.10. The average molecular weight is 314 g/mol. The summed E-state index contributed by atoms with van der Waals surface area (Å²) in [7, 11) is 0. The van der Waals surface area contributed by atoms with E-state index in [4.69, 9.17) is 0 Å². The van der Waals surface area contributed by atoms with Crippen molar-refractivity contribution in [2.75, 3.05) is 6.54 Å². The molecule has 1 aromatic carbocycles. The zero-order valence-electron chi connectivity index (χ0n) is 10.6. The van der Waals surface area contributed by atoms with E-state index in [2.05, 4.69) is 45.1 Å². The van der Waals surface area contributed by atoms with Crippen LogP contribution in [0.15, 0.2) is 16.6 Å². The lowest BCUT2D eigenvalue weighted by Gasteiger charge is -2.06. The van der Waals surface area contributed by atoms with Crippen LogP contribution in [-0.4, -0.2) is 22.6 Å². The number of fused-ring (bicyclic) bond motifs is 1. The molecule has 0 amide bonds. The number of benzene rings is 1. The number of rotatable bonds is 5. The zero-order chi connectivity index (χ0) is 13.1. The van der Waals surface area contributed by atoms with Gasteiger partial charge in [-0.1, -0.05) is 13.8 Å². The minimum Gasteiger partial charge on any atom is -0.342 e. The molecule has 0 saturated carbocycles. The summed E-state index contributed by atoms with van der Waals surface area (Å²) in [6.07, 6.45) is 1.88. The molecule has 0 bridgehead atoms. The summed E-state index contributed by atoms with van der Waals surface area (Å²) in [5.74, 6) is 0.646. The van der Waals surface area contributed by atoms with Gasteiger partial charge in [-0.25, -0.2) is 9.37 Å². The molecule has 0 aliphatic carbocycles. The van der Waals surface area contributed by atoms with Crippen molar-refractivity contribution in [1.82, 2.24) is 15.3 Å². The fraction of sp³-hybridized carbons (Fsp3) is 0.462. The first-order chi connectivity index (χ1) is 8.56. The van der Waals surface area contributed by atoms with Crippen LogP contribution in [0.3, 0.4) is 0 Å². The second-order valence-electron chi connectivity index (χ2n) is 4.68. The molecule has 0 atom stereocenters. The van der Waals surface area contributed by atoms with E-state index in [9.17, 15) is 4.39 Å². The maximum Gasteiger partial charge on any atom is 0.139 e. The maximum absolute atomic E-state index is 13.3. The van der Waals surface area contributed by atoms with Crippen LogP contribution >= 0.6 is 15.9 Å². The van der Waals surface area contributed by atoms with Crippen LogP contribution in [0.4, 0.5) is 4.39 Å². The lowest BCUT2D eigenvalue weighted by molar-refractivity contribution is 0.567. The van der Waals surface area contributed by atoms with Crippen molar-refractivity contribution < 1.29 is 4.39 Å². The van der Waals surface area contributed by atoms with E-state index >= 15 is 0 Å². The van der Waals surface area contributed by atoms with E-state index in [0.717, 1.165) is 36.2 Å². The van der Waals surface area contributed by atoms with Crippen molar-refractivity contribution in [3.63, 3.8) is 0 Å². The standard InChI is InChI=1S/C13H17BrFN3/c1-8(2)16-5-3-4-13-17-11-6-9(14)10(15)7-12(11)18-13/h6-8,16H,3-5H2,1-2H3,(H,17,18). The van der Waals surface area contributed by atoms with Crippen molar-refractivity contribution in [3.05, 3.63) is 28.2 Å². The molecule has 1 heterocycles. The first kappa shape index (κ1) is 13.5. The Labute approximate surface area is 114 Å². The third-order valence-corrected chi connectivity index (χ3v) is 3.32. The largest absolute Gasteiger partial charge is 0.342 e. The van der Waals surface area contributed by atoms with Crippen LogP contribution in [0.5, 0.6) is 0 Å². The van der Waals surface area contributed by atoms with Gasteiger partial charge in [-0.05, 0) is 35.0 Å². The minimum atomic E-state index is -0.265. The number of aromatic nitrogens is 2. The number of H-pyrrole nitrogens is 1. The van der Waals surface area contributed by atoms with E-state index < -0.39 is 0 Å². The second-order valence-corrected chi connectivity index (χ2v) is 5.53. The van der Waals surface area contributed by atoms with Crippen molar-refractivity contribution in [3.8, 4) is 0 Å². The number of aryl methyl sites for hydroxylation is 1. The van der Waals surface area contributed by atoms with Crippen LogP contribution in [0, 0.1) is 5.82 Å². The molecule has 3 nitrogen and oxygen atoms in total. The summed E-state index contributed by atoms with van der Waals surface area (Å²) in [5, 5.41) is 3.36. The van der Waals surface area contributed by atoms with Gasteiger partial charge in [0.2, 0.25) is 0 Å². The molecule has 0 saturated heterocycles. The number of halogens is 2. The molecule has 0 unspecified atom stereocenters. The molecule has 1 aromatic heterocycles. The molecule has 0 aliphatic rings. The summed E-state index contributed by atoms with van der Waals surface area (Å²) in [6, 6.07) is 3.69. The van der Waals surface area contributed by atoms with Crippen LogP contribution < -0.4 is 5.32 Å². The summed E-state index contributed by atoms with van der Waals surface area (Å²) in [6.45, 7) is 5.22. The van der Waals surface area contributed by atoms with Crippen molar-refractivity contribution >= 4 is 27.0 Å². The average Bonchev–Trinajstić information content (AvgIpc) is 2.67. The van der Waals surface area contributed by atoms with Gasteiger partial charge in [0.1, 0.15) is 11.6 Å². The molecular weight excluding hydrogens is 297 g/mol. The Balaban J connectivity index is 2.02. The SMILES string of the molecule is CC(C)NCCCc1nc2cc(Br)c(F)cc2[nH]1. The third kappa shape index (κ3) is 3.29. The molecule has 0 fully saturated rings. The summed E-state index contributed by atoms with van der Waals surface area (Å²) >= 11 is 3.17. The van der Waals surface area contributed by atoms with Gasteiger partial charge in [-0.3, -0.25) is 0 Å². The van der Waals surface area contributed by atoms with E-state index in [1.807, 2.05) is 0 Å². The number of aromatic amines is 1. The molecule has 0 spiro atoms. The maximum atomic E-state index is 13.3. The summed E-state index contributed by atoms with van der Waals surface area (Å²) < 4.78 is 13.8. The van der Waals surface area contributed by atoms with Crippen molar-refractivity contribution in [1.29, 1.82) is 0 Å². The van der Waals surface area contributed by atoms with Gasteiger partial charge in [-0.15, -0.1) is 0 Å². The molecular formula is C13H17BrFN3. The van der Waals surface area contributed by atoms with Gasteiger partial charge < -0.3 is 10.3 Å². The van der Waals surface area contributed by atoms with Gasteiger partial charge in [-0.2, -0.15) is 0 Å². The van der Waals surface area contributed by atoms with Crippen LogP contribution in [0.2, 0.25) is 0 Å². The molecule has 18 heavy (non-hydrogen) atoms. The number of imidazole rings is 1. The molecule has 0 radical (unpaired) electrons. The predicted octanol–water partition coefficient (Wildman–Crippen LogP) is 3.40. The van der Waals surface area contributed by atoms with E-state index in [1.54, 1.807) is 6.07 Å². The van der Waals surface area contributed by atoms with Gasteiger partial charge in [0.05, 0.1) is 15.5 Å². The van der Waals surface area contributed by atoms with Crippen molar-refractivity contribution in [2.24, 2.45) is 0 Å². The first-order valence-corrected chi connectivity index (χ1v) is 6.92. The first-order valence-electron chi connectivity index (χ1n) is 6.13. The fourth-order valence-electron chi connectivity index (χ4n) is 1.82. The molecule has 98 valence electrons. The lowest BCUT2D eigenvalue weighted by Crippen LogP contribution is -2.24. The topological polar surface area (TPSA) is 40.7 Å². The van der Waals surface area contributed by atoms with Crippen LogP contribution in [0.25, 0.3) is 11.0 Å². The number of nitrogens with zero attached hydrogens (tertiary/aromatic N) is 1. The van der Waals surface area contributed by atoms with E-state index in [-0.39, 0.29) is 5.82 Å². The smallest absolute Gasteiger partial charge is 0.139 e. The normalized spacial score (nSPS) is 11.6. The van der Waals surface area contributed by atoms with E-state index in [0.29, 0.717) is 10.5 Å². The Bertz CT molecular complexity index is 497. The second kappa shape index (κ2) is 5.80. The Morgan fingerprint density at radius 2 is 2.22 bits per heavy atom. The van der Waals surface area contributed by atoms with Crippen LogP contribution in [0.1, 0.15) is 26.1 Å². The Morgan fingerprint density at radius 3 is 2.94 bits per heavy atom. The molecule has 0 aliphatic heterocycles. The van der Waals surface area contributed by atoms with Gasteiger partial charge in [0, 0.05) is 18.5 Å². The Hall–Kier alpha value is -0.940. The number of hydrogen-bond donors (Lipinski definition) is 2. The third-order valence-electron chi connectivity index (χ3n) is 2.72. The zero-order valence-corrected chi connectivity index (χ0v) is 12.1. The Kier molecular flexibility index (Phi) is 4.35. The van der Waals surface area contributed by atoms with Crippen molar-refractivity contribution in [2.45, 2.75) is 32.7 Å². The van der Waals surface area contributed by atoms with E-state index in [1.165, 1.54) is 6.07 Å². The van der Waals surface area contributed by atoms with Crippen LogP contribution in [-0.2, 0) is 6.42 Å². The Morgan fingerprint density at radius 1 is 1.44 bits per heavy atom. The van der Waals surface area contributed by atoms with Gasteiger partial charge in [0.15, 0.2) is 0 Å². The highest BCUT2D eigenvalue weighted by Gasteiger charge is 2.07.